The van der Waals surface area contributed by atoms with Crippen LogP contribution < -0.4 is 14.8 Å². The quantitative estimate of drug-likeness (QED) is 0.535. The Hall–Kier alpha value is -3.28. The lowest BCUT2D eigenvalue weighted by Crippen LogP contribution is -2.24. The fourth-order valence-electron chi connectivity index (χ4n) is 3.29. The monoisotopic (exact) mass is 393 g/mol. The smallest absolute Gasteiger partial charge is 0.216 e. The largest absolute Gasteiger partial charge is 0.493 e. The second-order valence-corrected chi connectivity index (χ2v) is 6.73. The maximum Gasteiger partial charge on any atom is 0.216 e. The maximum atomic E-state index is 11.2. The first-order valence-electron chi connectivity index (χ1n) is 9.71. The minimum absolute atomic E-state index is 0.0389. The van der Waals surface area contributed by atoms with Gasteiger partial charge in [0.25, 0.3) is 0 Å². The molecule has 0 bridgehead atoms. The van der Waals surface area contributed by atoms with Gasteiger partial charge in [0, 0.05) is 19.9 Å². The molecule has 3 rings (SSSR count). The van der Waals surface area contributed by atoms with E-state index in [-0.39, 0.29) is 5.91 Å². The van der Waals surface area contributed by atoms with Crippen molar-refractivity contribution in [1.82, 2.24) is 14.9 Å². The predicted molar refractivity (Wildman–Crippen MR) is 115 cm³/mol. The molecule has 0 aliphatic carbocycles. The van der Waals surface area contributed by atoms with E-state index in [1.54, 1.807) is 7.11 Å². The van der Waals surface area contributed by atoms with E-state index in [4.69, 9.17) is 14.5 Å². The van der Waals surface area contributed by atoms with Gasteiger partial charge in [0.1, 0.15) is 12.4 Å². The minimum atomic E-state index is -0.0389. The van der Waals surface area contributed by atoms with Gasteiger partial charge in [-0.1, -0.05) is 24.3 Å². The first kappa shape index (κ1) is 20.5. The Morgan fingerprint density at radius 2 is 2.07 bits per heavy atom. The molecule has 0 saturated heterocycles. The Labute approximate surface area is 171 Å². The first-order valence-corrected chi connectivity index (χ1v) is 9.71. The van der Waals surface area contributed by atoms with Crippen LogP contribution >= 0.6 is 0 Å². The molecule has 6 heteroatoms. The summed E-state index contributed by atoms with van der Waals surface area (Å²) in [5.41, 5.74) is 3.13. The van der Waals surface area contributed by atoms with Gasteiger partial charge in [-0.3, -0.25) is 4.79 Å². The van der Waals surface area contributed by atoms with Crippen LogP contribution in [0.4, 0.5) is 0 Å². The fraction of sp³-hybridized carbons (Fsp3) is 0.304. The summed E-state index contributed by atoms with van der Waals surface area (Å²) in [6, 6.07) is 13.9. The SMILES string of the molecule is C=CCc1ccc(OCCn2c(CCNC(C)=O)nc3ccccc32)c(OC)c1. The van der Waals surface area contributed by atoms with Crippen LogP contribution in [0, 0.1) is 0 Å². The van der Waals surface area contributed by atoms with E-state index in [2.05, 4.69) is 22.5 Å². The number of allylic oxidation sites excluding steroid dienone is 1. The van der Waals surface area contributed by atoms with Crippen LogP contribution in [-0.2, 0) is 24.2 Å². The molecule has 152 valence electrons. The highest BCUT2D eigenvalue weighted by atomic mass is 16.5. The first-order chi connectivity index (χ1) is 14.1. The number of nitrogens with zero attached hydrogens (tertiary/aromatic N) is 2. The highest BCUT2D eigenvalue weighted by Crippen LogP contribution is 2.28. The molecule has 0 radical (unpaired) electrons. The molecule has 2 aromatic carbocycles. The molecule has 1 aromatic heterocycles. The fourth-order valence-corrected chi connectivity index (χ4v) is 3.29. The van der Waals surface area contributed by atoms with Crippen LogP contribution in [0.25, 0.3) is 11.0 Å². The van der Waals surface area contributed by atoms with Crippen LogP contribution in [0.2, 0.25) is 0 Å². The molecule has 0 aliphatic rings. The second kappa shape index (κ2) is 9.78. The number of imidazole rings is 1. The van der Waals surface area contributed by atoms with Crippen LogP contribution in [0.15, 0.2) is 55.1 Å². The van der Waals surface area contributed by atoms with Crippen LogP contribution in [-0.4, -0.2) is 35.7 Å². The lowest BCUT2D eigenvalue weighted by Gasteiger charge is -2.14. The molecule has 1 N–H and O–H groups in total. The summed E-state index contributed by atoms with van der Waals surface area (Å²) in [5.74, 6) is 2.31. The highest BCUT2D eigenvalue weighted by Gasteiger charge is 2.11. The summed E-state index contributed by atoms with van der Waals surface area (Å²) in [4.78, 5) is 15.9. The van der Waals surface area contributed by atoms with Crippen molar-refractivity contribution in [3.8, 4) is 11.5 Å². The van der Waals surface area contributed by atoms with Crippen molar-refractivity contribution in [3.05, 3.63) is 66.5 Å². The molecule has 0 fully saturated rings. The number of hydrogen-bond acceptors (Lipinski definition) is 4. The van der Waals surface area contributed by atoms with Crippen molar-refractivity contribution in [2.24, 2.45) is 0 Å². The Morgan fingerprint density at radius 1 is 1.24 bits per heavy atom. The number of nitrogens with one attached hydrogen (secondary N) is 1. The van der Waals surface area contributed by atoms with E-state index in [0.717, 1.165) is 28.8 Å². The Morgan fingerprint density at radius 3 is 2.83 bits per heavy atom. The van der Waals surface area contributed by atoms with Crippen molar-refractivity contribution in [2.75, 3.05) is 20.3 Å². The van der Waals surface area contributed by atoms with Crippen molar-refractivity contribution in [1.29, 1.82) is 0 Å². The number of hydrogen-bond donors (Lipinski definition) is 1. The third-order valence-corrected chi connectivity index (χ3v) is 4.64. The molecule has 29 heavy (non-hydrogen) atoms. The van der Waals surface area contributed by atoms with E-state index in [1.807, 2.05) is 42.5 Å². The molecule has 0 aliphatic heterocycles. The molecule has 1 amide bonds. The van der Waals surface area contributed by atoms with Crippen molar-refractivity contribution >= 4 is 16.9 Å². The van der Waals surface area contributed by atoms with Crippen molar-refractivity contribution in [2.45, 2.75) is 26.3 Å². The van der Waals surface area contributed by atoms with Gasteiger partial charge >= 0.3 is 0 Å². The molecule has 0 atom stereocenters. The van der Waals surface area contributed by atoms with Crippen LogP contribution in [0.1, 0.15) is 18.3 Å². The van der Waals surface area contributed by atoms with Crippen LogP contribution in [0.3, 0.4) is 0 Å². The summed E-state index contributed by atoms with van der Waals surface area (Å²) in [6.07, 6.45) is 3.31. The van der Waals surface area contributed by atoms with Gasteiger partial charge in [0.05, 0.1) is 24.7 Å². The second-order valence-electron chi connectivity index (χ2n) is 6.73. The number of carbonyl (C=O) groups excluding carboxylic acids is 1. The van der Waals surface area contributed by atoms with Crippen LogP contribution in [0.5, 0.6) is 11.5 Å². The molecular formula is C23H27N3O3. The number of rotatable bonds is 10. The van der Waals surface area contributed by atoms with E-state index < -0.39 is 0 Å². The summed E-state index contributed by atoms with van der Waals surface area (Å²) in [5, 5.41) is 2.83. The van der Waals surface area contributed by atoms with E-state index >= 15 is 0 Å². The zero-order chi connectivity index (χ0) is 20.6. The Bertz CT molecular complexity index is 994. The minimum Gasteiger partial charge on any atom is -0.493 e. The van der Waals surface area contributed by atoms with E-state index in [9.17, 15) is 4.79 Å². The average molecular weight is 393 g/mol. The molecule has 0 saturated carbocycles. The number of ether oxygens (including phenoxy) is 2. The summed E-state index contributed by atoms with van der Waals surface area (Å²) in [7, 11) is 1.64. The Balaban J connectivity index is 1.73. The van der Waals surface area contributed by atoms with E-state index in [1.165, 1.54) is 6.92 Å². The molecule has 6 nitrogen and oxygen atoms in total. The number of benzene rings is 2. The molecule has 0 unspecified atom stereocenters. The van der Waals surface area contributed by atoms with Gasteiger partial charge < -0.3 is 19.4 Å². The van der Waals surface area contributed by atoms with E-state index in [0.29, 0.717) is 37.6 Å². The number of carbonyl (C=O) groups is 1. The lowest BCUT2D eigenvalue weighted by atomic mass is 10.1. The van der Waals surface area contributed by atoms with Crippen molar-refractivity contribution < 1.29 is 14.3 Å². The average Bonchev–Trinajstić information content (AvgIpc) is 3.06. The zero-order valence-corrected chi connectivity index (χ0v) is 17.0. The molecule has 0 spiro atoms. The number of methoxy groups -OCH3 is 1. The highest BCUT2D eigenvalue weighted by molar-refractivity contribution is 5.76. The molecule has 1 heterocycles. The van der Waals surface area contributed by atoms with Gasteiger partial charge in [0.15, 0.2) is 11.5 Å². The molecule has 3 aromatic rings. The van der Waals surface area contributed by atoms with Gasteiger partial charge in [-0.25, -0.2) is 4.98 Å². The number of amides is 1. The summed E-state index contributed by atoms with van der Waals surface area (Å²) >= 11 is 0. The van der Waals surface area contributed by atoms with Gasteiger partial charge in [-0.05, 0) is 36.2 Å². The third kappa shape index (κ3) is 5.16. The lowest BCUT2D eigenvalue weighted by molar-refractivity contribution is -0.118. The number of fused-ring (bicyclic) bond motifs is 1. The van der Waals surface area contributed by atoms with Gasteiger partial charge in [-0.15, -0.1) is 6.58 Å². The number of aromatic nitrogens is 2. The third-order valence-electron chi connectivity index (χ3n) is 4.64. The van der Waals surface area contributed by atoms with Gasteiger partial charge in [-0.2, -0.15) is 0 Å². The summed E-state index contributed by atoms with van der Waals surface area (Å²) < 4.78 is 13.6. The maximum absolute atomic E-state index is 11.2. The Kier molecular flexibility index (Phi) is 6.89. The van der Waals surface area contributed by atoms with Crippen molar-refractivity contribution in [3.63, 3.8) is 0 Å². The normalized spacial score (nSPS) is 10.7. The summed E-state index contributed by atoms with van der Waals surface area (Å²) in [6.45, 7) is 6.97. The predicted octanol–water partition coefficient (Wildman–Crippen LogP) is 3.53. The molecular weight excluding hydrogens is 366 g/mol. The van der Waals surface area contributed by atoms with Gasteiger partial charge in [0.2, 0.25) is 5.91 Å². The standard InChI is InChI=1S/C23H27N3O3/c1-4-7-18-10-11-21(22(16-18)28-3)29-15-14-26-20-9-6-5-8-19(20)25-23(26)12-13-24-17(2)27/h4-6,8-11,16H,1,7,12-15H2,2-3H3,(H,24,27). The zero-order valence-electron chi connectivity index (χ0n) is 17.0. The topological polar surface area (TPSA) is 65.4 Å². The number of para-hydroxylation sites is 2.